The van der Waals surface area contributed by atoms with Crippen LogP contribution in [0.2, 0.25) is 0 Å². The number of carbonyl (C=O) groups is 1. The lowest BCUT2D eigenvalue weighted by molar-refractivity contribution is 0.0697. The number of carboxylic acid groups (broad SMARTS) is 1. The summed E-state index contributed by atoms with van der Waals surface area (Å²) < 4.78 is 0.766. The first-order valence-corrected chi connectivity index (χ1v) is 7.61. The Labute approximate surface area is 124 Å². The molecule has 0 spiro atoms. The Morgan fingerprint density at radius 2 is 2.21 bits per heavy atom. The molecule has 0 atom stereocenters. The monoisotopic (exact) mass is 339 g/mol. The Bertz CT molecular complexity index is 595. The molecule has 0 aliphatic rings. The van der Waals surface area contributed by atoms with Crippen LogP contribution in [0.3, 0.4) is 0 Å². The number of thiophene rings is 1. The molecule has 0 saturated carbocycles. The van der Waals surface area contributed by atoms with Gasteiger partial charge in [0, 0.05) is 21.6 Å². The maximum absolute atomic E-state index is 10.9. The number of aryl methyl sites for hydroxylation is 1. The van der Waals surface area contributed by atoms with E-state index in [9.17, 15) is 4.79 Å². The predicted octanol–water partition coefficient (Wildman–Crippen LogP) is 4.38. The van der Waals surface area contributed by atoms with Crippen LogP contribution in [0.15, 0.2) is 34.1 Å². The molecule has 1 aromatic carbocycles. The number of hydrogen-bond acceptors (Lipinski definition) is 3. The van der Waals surface area contributed by atoms with Crippen molar-refractivity contribution < 1.29 is 9.90 Å². The summed E-state index contributed by atoms with van der Waals surface area (Å²) in [6, 6.07) is 7.14. The molecule has 0 aliphatic heterocycles. The fraction of sp³-hybridized carbons (Fsp3) is 0.214. The number of anilines is 1. The van der Waals surface area contributed by atoms with Gasteiger partial charge in [-0.3, -0.25) is 0 Å². The van der Waals surface area contributed by atoms with Gasteiger partial charge in [-0.25, -0.2) is 4.79 Å². The van der Waals surface area contributed by atoms with Gasteiger partial charge in [0.05, 0.1) is 5.56 Å². The van der Waals surface area contributed by atoms with Crippen LogP contribution < -0.4 is 5.32 Å². The molecule has 2 N–H and O–H groups in total. The average Bonchev–Trinajstić information content (AvgIpc) is 2.84. The first-order valence-electron chi connectivity index (χ1n) is 5.93. The topological polar surface area (TPSA) is 49.3 Å². The Balaban J connectivity index is 2.10. The van der Waals surface area contributed by atoms with E-state index < -0.39 is 5.97 Å². The molecule has 19 heavy (non-hydrogen) atoms. The standard InChI is InChI=1S/C14H14BrNO2S/c1-2-9-5-6-19-13(9)8-16-12-4-3-10(14(17)18)7-11(12)15/h3-7,16H,2,8H2,1H3,(H,17,18). The molecule has 3 nitrogen and oxygen atoms in total. The van der Waals surface area contributed by atoms with Crippen molar-refractivity contribution in [2.75, 3.05) is 5.32 Å². The van der Waals surface area contributed by atoms with Crippen molar-refractivity contribution in [2.24, 2.45) is 0 Å². The first-order chi connectivity index (χ1) is 9.11. The molecule has 0 bridgehead atoms. The Kier molecular flexibility index (Phi) is 4.61. The number of hydrogen-bond donors (Lipinski definition) is 2. The summed E-state index contributed by atoms with van der Waals surface area (Å²) in [6.07, 6.45) is 1.03. The molecular formula is C14H14BrNO2S. The molecule has 0 aliphatic carbocycles. The van der Waals surface area contributed by atoms with E-state index in [4.69, 9.17) is 5.11 Å². The second-order valence-electron chi connectivity index (χ2n) is 4.08. The number of nitrogens with one attached hydrogen (secondary N) is 1. The van der Waals surface area contributed by atoms with Gasteiger partial charge in [0.15, 0.2) is 0 Å². The summed E-state index contributed by atoms with van der Waals surface area (Å²) in [4.78, 5) is 12.2. The van der Waals surface area contributed by atoms with Crippen LogP contribution in [0.4, 0.5) is 5.69 Å². The molecule has 5 heteroatoms. The van der Waals surface area contributed by atoms with Gasteiger partial charge in [-0.1, -0.05) is 6.92 Å². The van der Waals surface area contributed by atoms with Crippen molar-refractivity contribution in [3.05, 3.63) is 50.1 Å². The SMILES string of the molecule is CCc1ccsc1CNc1ccc(C(=O)O)cc1Br. The molecule has 1 aromatic heterocycles. The summed E-state index contributed by atoms with van der Waals surface area (Å²) in [5.74, 6) is -0.918. The van der Waals surface area contributed by atoms with E-state index in [0.717, 1.165) is 23.1 Å². The maximum atomic E-state index is 10.9. The fourth-order valence-corrected chi connectivity index (χ4v) is 3.24. The van der Waals surface area contributed by atoms with Gasteiger partial charge in [0.25, 0.3) is 0 Å². The minimum absolute atomic E-state index is 0.280. The zero-order valence-corrected chi connectivity index (χ0v) is 12.8. The van der Waals surface area contributed by atoms with Crippen LogP contribution in [0.25, 0.3) is 0 Å². The molecule has 0 saturated heterocycles. The van der Waals surface area contributed by atoms with Crippen LogP contribution in [0.1, 0.15) is 27.7 Å². The molecule has 2 aromatic rings. The largest absolute Gasteiger partial charge is 0.478 e. The Morgan fingerprint density at radius 3 is 2.84 bits per heavy atom. The smallest absolute Gasteiger partial charge is 0.335 e. The van der Waals surface area contributed by atoms with Crippen molar-refractivity contribution in [1.82, 2.24) is 0 Å². The third-order valence-corrected chi connectivity index (χ3v) is 4.49. The highest BCUT2D eigenvalue weighted by Gasteiger charge is 2.07. The second kappa shape index (κ2) is 6.21. The summed E-state index contributed by atoms with van der Waals surface area (Å²) in [5.41, 5.74) is 2.54. The molecule has 0 unspecified atom stereocenters. The highest BCUT2D eigenvalue weighted by Crippen LogP contribution is 2.26. The maximum Gasteiger partial charge on any atom is 0.335 e. The van der Waals surface area contributed by atoms with E-state index in [1.165, 1.54) is 10.4 Å². The highest BCUT2D eigenvalue weighted by atomic mass is 79.9. The normalized spacial score (nSPS) is 10.4. The van der Waals surface area contributed by atoms with Crippen molar-refractivity contribution >= 4 is 38.9 Å². The van der Waals surface area contributed by atoms with Gasteiger partial charge < -0.3 is 10.4 Å². The number of benzene rings is 1. The van der Waals surface area contributed by atoms with Crippen molar-refractivity contribution in [2.45, 2.75) is 19.9 Å². The lowest BCUT2D eigenvalue weighted by Crippen LogP contribution is -2.02. The Hall–Kier alpha value is -1.33. The van der Waals surface area contributed by atoms with Crippen LogP contribution >= 0.6 is 27.3 Å². The molecule has 0 amide bonds. The van der Waals surface area contributed by atoms with Gasteiger partial charge in [-0.05, 0) is 57.6 Å². The minimum Gasteiger partial charge on any atom is -0.478 e. The Morgan fingerprint density at radius 1 is 1.42 bits per heavy atom. The average molecular weight is 340 g/mol. The molecule has 1 heterocycles. The number of aromatic carboxylic acids is 1. The summed E-state index contributed by atoms with van der Waals surface area (Å²) in [7, 11) is 0. The summed E-state index contributed by atoms with van der Waals surface area (Å²) in [5, 5.41) is 14.3. The van der Waals surface area contributed by atoms with Crippen LogP contribution in [-0.2, 0) is 13.0 Å². The van der Waals surface area contributed by atoms with Crippen molar-refractivity contribution in [3.63, 3.8) is 0 Å². The zero-order chi connectivity index (χ0) is 13.8. The molecular weight excluding hydrogens is 326 g/mol. The van der Waals surface area contributed by atoms with Gasteiger partial charge in [0.1, 0.15) is 0 Å². The van der Waals surface area contributed by atoms with E-state index in [1.807, 2.05) is 0 Å². The van der Waals surface area contributed by atoms with E-state index in [1.54, 1.807) is 29.5 Å². The zero-order valence-electron chi connectivity index (χ0n) is 10.4. The van der Waals surface area contributed by atoms with Crippen LogP contribution in [0.5, 0.6) is 0 Å². The lowest BCUT2D eigenvalue weighted by atomic mass is 10.2. The molecule has 0 radical (unpaired) electrons. The van der Waals surface area contributed by atoms with E-state index >= 15 is 0 Å². The molecule has 100 valence electrons. The second-order valence-corrected chi connectivity index (χ2v) is 5.93. The summed E-state index contributed by atoms with van der Waals surface area (Å²) in [6.45, 7) is 2.90. The fourth-order valence-electron chi connectivity index (χ4n) is 1.80. The van der Waals surface area contributed by atoms with Crippen LogP contribution in [0, 0.1) is 0 Å². The van der Waals surface area contributed by atoms with E-state index in [0.29, 0.717) is 0 Å². The van der Waals surface area contributed by atoms with Gasteiger partial charge >= 0.3 is 5.97 Å². The highest BCUT2D eigenvalue weighted by molar-refractivity contribution is 9.10. The minimum atomic E-state index is -0.918. The quantitative estimate of drug-likeness (QED) is 0.849. The van der Waals surface area contributed by atoms with E-state index in [2.05, 4.69) is 39.6 Å². The van der Waals surface area contributed by atoms with Gasteiger partial charge in [-0.2, -0.15) is 0 Å². The molecule has 2 rings (SSSR count). The number of halogens is 1. The molecule has 0 fully saturated rings. The number of rotatable bonds is 5. The predicted molar refractivity (Wildman–Crippen MR) is 82.1 cm³/mol. The third kappa shape index (κ3) is 3.36. The van der Waals surface area contributed by atoms with Crippen molar-refractivity contribution in [3.8, 4) is 0 Å². The third-order valence-electron chi connectivity index (χ3n) is 2.87. The van der Waals surface area contributed by atoms with Gasteiger partial charge in [0.2, 0.25) is 0 Å². The van der Waals surface area contributed by atoms with Crippen molar-refractivity contribution in [1.29, 1.82) is 0 Å². The van der Waals surface area contributed by atoms with Gasteiger partial charge in [-0.15, -0.1) is 11.3 Å². The first kappa shape index (κ1) is 14.1. The lowest BCUT2D eigenvalue weighted by Gasteiger charge is -2.09. The number of carboxylic acids is 1. The summed E-state index contributed by atoms with van der Waals surface area (Å²) >= 11 is 5.13. The van der Waals surface area contributed by atoms with E-state index in [-0.39, 0.29) is 5.56 Å². The van der Waals surface area contributed by atoms with Crippen LogP contribution in [-0.4, -0.2) is 11.1 Å².